The maximum atomic E-state index is 9.11. The lowest BCUT2D eigenvalue weighted by atomic mass is 10.3. The molecule has 0 aliphatic carbocycles. The summed E-state index contributed by atoms with van der Waals surface area (Å²) in [6.07, 6.45) is 0. The molecule has 2 N–H and O–H groups in total. The Bertz CT molecular complexity index is 478. The number of nitrogens with zero attached hydrogens (tertiary/aromatic N) is 2. The molecule has 1 unspecified atom stereocenters. The second kappa shape index (κ2) is 4.63. The number of hydrogen-bond donors (Lipinski definition) is 2. The zero-order chi connectivity index (χ0) is 11.5. The number of para-hydroxylation sites is 2. The molecule has 2 aromatic rings. The van der Waals surface area contributed by atoms with Gasteiger partial charge in [-0.05, 0) is 26.1 Å². The van der Waals surface area contributed by atoms with Crippen LogP contribution in [0.3, 0.4) is 0 Å². The summed E-state index contributed by atoms with van der Waals surface area (Å²) in [6, 6.07) is 8.18. The normalized spacial score (nSPS) is 13.2. The third-order valence-electron chi connectivity index (χ3n) is 2.83. The van der Waals surface area contributed by atoms with E-state index in [-0.39, 0.29) is 12.6 Å². The fraction of sp³-hybridized carbons (Fsp3) is 0.417. The van der Waals surface area contributed by atoms with Gasteiger partial charge in [0.05, 0.1) is 23.7 Å². The van der Waals surface area contributed by atoms with Crippen LogP contribution in [0.2, 0.25) is 0 Å². The zero-order valence-corrected chi connectivity index (χ0v) is 9.64. The molecule has 0 spiro atoms. The first-order chi connectivity index (χ1) is 7.77. The fourth-order valence-electron chi connectivity index (χ4n) is 1.89. The third-order valence-corrected chi connectivity index (χ3v) is 2.83. The molecule has 4 heteroatoms. The van der Waals surface area contributed by atoms with Gasteiger partial charge in [0.15, 0.2) is 0 Å². The molecular formula is C12H17N3O. The van der Waals surface area contributed by atoms with Crippen molar-refractivity contribution in [1.82, 2.24) is 14.9 Å². The Morgan fingerprint density at radius 1 is 1.44 bits per heavy atom. The smallest absolute Gasteiger partial charge is 0.126 e. The highest BCUT2D eigenvalue weighted by molar-refractivity contribution is 5.76. The summed E-state index contributed by atoms with van der Waals surface area (Å²) in [6.45, 7) is 2.78. The first-order valence-electron chi connectivity index (χ1n) is 5.51. The van der Waals surface area contributed by atoms with E-state index in [0.717, 1.165) is 16.9 Å². The van der Waals surface area contributed by atoms with Crippen molar-refractivity contribution in [3.8, 4) is 0 Å². The predicted octanol–water partition coefficient (Wildman–Crippen LogP) is 1.31. The zero-order valence-electron chi connectivity index (χ0n) is 9.64. The van der Waals surface area contributed by atoms with Crippen molar-refractivity contribution in [2.75, 3.05) is 13.7 Å². The van der Waals surface area contributed by atoms with Crippen molar-refractivity contribution in [3.63, 3.8) is 0 Å². The highest BCUT2D eigenvalue weighted by Gasteiger charge is 2.14. The molecule has 1 aromatic heterocycles. The average Bonchev–Trinajstić information content (AvgIpc) is 2.68. The summed E-state index contributed by atoms with van der Waals surface area (Å²) in [7, 11) is 1.91. The van der Waals surface area contributed by atoms with E-state index in [2.05, 4.69) is 21.8 Å². The Balaban J connectivity index is 2.58. The lowest BCUT2D eigenvalue weighted by Gasteiger charge is -2.12. The van der Waals surface area contributed by atoms with Crippen LogP contribution < -0.4 is 5.32 Å². The van der Waals surface area contributed by atoms with Gasteiger partial charge in [-0.2, -0.15) is 0 Å². The standard InChI is InChI=1S/C12H17N3O/c1-9(13-2)12-14-10-5-3-4-6-11(10)15(12)7-8-16/h3-6,9,13,16H,7-8H2,1-2H3. The summed E-state index contributed by atoms with van der Waals surface area (Å²) in [5.41, 5.74) is 2.06. The van der Waals surface area contributed by atoms with Crippen molar-refractivity contribution < 1.29 is 5.11 Å². The number of benzene rings is 1. The molecule has 0 fully saturated rings. The van der Waals surface area contributed by atoms with Crippen molar-refractivity contribution in [2.24, 2.45) is 0 Å². The Kier molecular flexibility index (Phi) is 3.22. The summed E-state index contributed by atoms with van der Waals surface area (Å²) in [5, 5.41) is 12.3. The van der Waals surface area contributed by atoms with Crippen LogP contribution in [-0.4, -0.2) is 28.3 Å². The summed E-state index contributed by atoms with van der Waals surface area (Å²) >= 11 is 0. The van der Waals surface area contributed by atoms with Crippen LogP contribution in [-0.2, 0) is 6.54 Å². The number of nitrogens with one attached hydrogen (secondary N) is 1. The Morgan fingerprint density at radius 3 is 2.88 bits per heavy atom. The van der Waals surface area contributed by atoms with Gasteiger partial charge in [-0.15, -0.1) is 0 Å². The highest BCUT2D eigenvalue weighted by atomic mass is 16.3. The van der Waals surface area contributed by atoms with Crippen molar-refractivity contribution >= 4 is 11.0 Å². The van der Waals surface area contributed by atoms with E-state index in [0.29, 0.717) is 6.54 Å². The first kappa shape index (κ1) is 11.1. The van der Waals surface area contributed by atoms with Gasteiger partial charge in [0.2, 0.25) is 0 Å². The molecule has 0 bridgehead atoms. The number of hydrogen-bond acceptors (Lipinski definition) is 3. The quantitative estimate of drug-likeness (QED) is 0.815. The molecule has 16 heavy (non-hydrogen) atoms. The van der Waals surface area contributed by atoms with Crippen LogP contribution in [0.5, 0.6) is 0 Å². The molecule has 1 heterocycles. The predicted molar refractivity (Wildman–Crippen MR) is 64.3 cm³/mol. The van der Waals surface area contributed by atoms with Crippen molar-refractivity contribution in [2.45, 2.75) is 19.5 Å². The van der Waals surface area contributed by atoms with E-state index in [1.54, 1.807) is 0 Å². The molecule has 0 radical (unpaired) electrons. The molecule has 1 atom stereocenters. The number of aliphatic hydroxyl groups is 1. The van der Waals surface area contributed by atoms with E-state index in [1.165, 1.54) is 0 Å². The molecule has 0 saturated carbocycles. The molecular weight excluding hydrogens is 202 g/mol. The van der Waals surface area contributed by atoms with Crippen molar-refractivity contribution in [1.29, 1.82) is 0 Å². The molecule has 86 valence electrons. The SMILES string of the molecule is CNC(C)c1nc2ccccc2n1CCO. The minimum Gasteiger partial charge on any atom is -0.395 e. The average molecular weight is 219 g/mol. The van der Waals surface area contributed by atoms with Gasteiger partial charge < -0.3 is 15.0 Å². The maximum absolute atomic E-state index is 9.11. The fourth-order valence-corrected chi connectivity index (χ4v) is 1.89. The molecule has 0 amide bonds. The summed E-state index contributed by atoms with van der Waals surface area (Å²) in [4.78, 5) is 4.59. The second-order valence-electron chi connectivity index (χ2n) is 3.84. The highest BCUT2D eigenvalue weighted by Crippen LogP contribution is 2.20. The van der Waals surface area contributed by atoms with Gasteiger partial charge in [-0.25, -0.2) is 4.98 Å². The largest absolute Gasteiger partial charge is 0.395 e. The van der Waals surface area contributed by atoms with Crippen molar-refractivity contribution in [3.05, 3.63) is 30.1 Å². The molecule has 0 aliphatic rings. The topological polar surface area (TPSA) is 50.1 Å². The van der Waals surface area contributed by atoms with Gasteiger partial charge >= 0.3 is 0 Å². The van der Waals surface area contributed by atoms with Gasteiger partial charge in [0.25, 0.3) is 0 Å². The van der Waals surface area contributed by atoms with E-state index in [1.807, 2.05) is 31.3 Å². The monoisotopic (exact) mass is 219 g/mol. The van der Waals surface area contributed by atoms with Crippen LogP contribution in [0.1, 0.15) is 18.8 Å². The number of rotatable bonds is 4. The number of fused-ring (bicyclic) bond motifs is 1. The van der Waals surface area contributed by atoms with Crippen LogP contribution in [0, 0.1) is 0 Å². The first-order valence-corrected chi connectivity index (χ1v) is 5.51. The maximum Gasteiger partial charge on any atom is 0.126 e. The van der Waals surface area contributed by atoms with Crippen LogP contribution >= 0.6 is 0 Å². The Hall–Kier alpha value is -1.39. The van der Waals surface area contributed by atoms with Crippen LogP contribution in [0.15, 0.2) is 24.3 Å². The van der Waals surface area contributed by atoms with E-state index in [9.17, 15) is 0 Å². The van der Waals surface area contributed by atoms with E-state index in [4.69, 9.17) is 5.11 Å². The molecule has 4 nitrogen and oxygen atoms in total. The minimum absolute atomic E-state index is 0.129. The van der Waals surface area contributed by atoms with Gasteiger partial charge in [-0.1, -0.05) is 12.1 Å². The van der Waals surface area contributed by atoms with Gasteiger partial charge in [-0.3, -0.25) is 0 Å². The van der Waals surface area contributed by atoms with Crippen LogP contribution in [0.25, 0.3) is 11.0 Å². The van der Waals surface area contributed by atoms with Crippen LogP contribution in [0.4, 0.5) is 0 Å². The molecule has 0 saturated heterocycles. The Labute approximate surface area is 94.9 Å². The second-order valence-corrected chi connectivity index (χ2v) is 3.84. The third kappa shape index (κ3) is 1.81. The number of imidazole rings is 1. The van der Waals surface area contributed by atoms with Gasteiger partial charge in [0, 0.05) is 6.54 Å². The molecule has 0 aliphatic heterocycles. The number of aliphatic hydroxyl groups excluding tert-OH is 1. The molecule has 1 aromatic carbocycles. The Morgan fingerprint density at radius 2 is 2.19 bits per heavy atom. The molecule has 2 rings (SSSR count). The van der Waals surface area contributed by atoms with E-state index >= 15 is 0 Å². The minimum atomic E-state index is 0.129. The summed E-state index contributed by atoms with van der Waals surface area (Å²) < 4.78 is 2.07. The lowest BCUT2D eigenvalue weighted by Crippen LogP contribution is -2.18. The van der Waals surface area contributed by atoms with Gasteiger partial charge in [0.1, 0.15) is 5.82 Å². The number of aromatic nitrogens is 2. The summed E-state index contributed by atoms with van der Waals surface area (Å²) in [5.74, 6) is 0.970. The van der Waals surface area contributed by atoms with E-state index < -0.39 is 0 Å². The lowest BCUT2D eigenvalue weighted by molar-refractivity contribution is 0.274.